The molecule has 7 nitrogen and oxygen atoms in total. The fraction of sp³-hybridized carbons (Fsp3) is 0.579. The number of ether oxygens (including phenoxy) is 1. The molecule has 8 heteroatoms. The van der Waals surface area contributed by atoms with Crippen molar-refractivity contribution < 1.29 is 14.3 Å². The first-order valence-electron chi connectivity index (χ1n) is 9.29. The molecule has 0 saturated carbocycles. The van der Waals surface area contributed by atoms with Crippen LogP contribution in [0.5, 0.6) is 0 Å². The Morgan fingerprint density at radius 2 is 1.78 bits per heavy atom. The number of methoxy groups -OCH3 is 1. The summed E-state index contributed by atoms with van der Waals surface area (Å²) in [6.45, 7) is 6.05. The van der Waals surface area contributed by atoms with Gasteiger partial charge < -0.3 is 20.3 Å². The molecule has 1 fully saturated rings. The maximum absolute atomic E-state index is 12.1. The van der Waals surface area contributed by atoms with Crippen LogP contribution in [0.2, 0.25) is 5.02 Å². The second-order valence-corrected chi connectivity index (χ2v) is 6.99. The smallest absolute Gasteiger partial charge is 0.234 e. The summed E-state index contributed by atoms with van der Waals surface area (Å²) in [5.41, 5.74) is 0.921. The number of amides is 2. The van der Waals surface area contributed by atoms with Gasteiger partial charge in [0.25, 0.3) is 0 Å². The minimum absolute atomic E-state index is 0.0230. The number of carbonyl (C=O) groups is 2. The van der Waals surface area contributed by atoms with Crippen molar-refractivity contribution in [2.75, 3.05) is 59.5 Å². The van der Waals surface area contributed by atoms with E-state index >= 15 is 0 Å². The van der Waals surface area contributed by atoms with Crippen LogP contribution in [0.1, 0.15) is 12.0 Å². The summed E-state index contributed by atoms with van der Waals surface area (Å²) in [4.78, 5) is 28.3. The molecule has 1 saturated heterocycles. The number of piperazine rings is 1. The monoisotopic (exact) mass is 396 g/mol. The maximum Gasteiger partial charge on any atom is 0.234 e. The van der Waals surface area contributed by atoms with Crippen molar-refractivity contribution in [1.29, 1.82) is 0 Å². The van der Waals surface area contributed by atoms with E-state index in [9.17, 15) is 9.59 Å². The van der Waals surface area contributed by atoms with E-state index in [1.165, 1.54) is 0 Å². The molecule has 1 aromatic carbocycles. The Morgan fingerprint density at radius 1 is 1.07 bits per heavy atom. The van der Waals surface area contributed by atoms with E-state index in [1.54, 1.807) is 7.11 Å². The van der Waals surface area contributed by atoms with E-state index in [0.717, 1.165) is 38.3 Å². The van der Waals surface area contributed by atoms with Gasteiger partial charge in [-0.05, 0) is 11.6 Å². The van der Waals surface area contributed by atoms with Gasteiger partial charge in [0.05, 0.1) is 13.2 Å². The van der Waals surface area contributed by atoms with E-state index in [-0.39, 0.29) is 11.8 Å². The van der Waals surface area contributed by atoms with Crippen molar-refractivity contribution in [2.24, 2.45) is 0 Å². The predicted octanol–water partition coefficient (Wildman–Crippen LogP) is 0.727. The molecule has 0 radical (unpaired) electrons. The first-order chi connectivity index (χ1) is 13.1. The van der Waals surface area contributed by atoms with Gasteiger partial charge in [0.15, 0.2) is 0 Å². The number of nitrogens with zero attached hydrogens (tertiary/aromatic N) is 2. The van der Waals surface area contributed by atoms with E-state index < -0.39 is 0 Å². The molecule has 1 aromatic rings. The highest BCUT2D eigenvalue weighted by Crippen LogP contribution is 2.14. The molecule has 0 atom stereocenters. The molecule has 0 unspecified atom stereocenters. The maximum atomic E-state index is 12.1. The normalized spacial score (nSPS) is 15.5. The summed E-state index contributed by atoms with van der Waals surface area (Å²) in [5, 5.41) is 6.41. The van der Waals surface area contributed by atoms with Crippen molar-refractivity contribution in [1.82, 2.24) is 20.4 Å². The van der Waals surface area contributed by atoms with Gasteiger partial charge in [-0.1, -0.05) is 29.8 Å². The van der Waals surface area contributed by atoms with Crippen LogP contribution in [0.15, 0.2) is 24.3 Å². The Balaban J connectivity index is 1.58. The van der Waals surface area contributed by atoms with Gasteiger partial charge in [-0.2, -0.15) is 0 Å². The van der Waals surface area contributed by atoms with Crippen LogP contribution in [0, 0.1) is 0 Å². The van der Waals surface area contributed by atoms with Gasteiger partial charge in [0, 0.05) is 64.4 Å². The second kappa shape index (κ2) is 11.9. The van der Waals surface area contributed by atoms with E-state index in [0.29, 0.717) is 37.7 Å². The fourth-order valence-corrected chi connectivity index (χ4v) is 3.11. The lowest BCUT2D eigenvalue weighted by Gasteiger charge is -2.34. The third kappa shape index (κ3) is 8.26. The molecule has 1 heterocycles. The number of nitrogens with one attached hydrogen (secondary N) is 2. The third-order valence-electron chi connectivity index (χ3n) is 4.55. The van der Waals surface area contributed by atoms with Crippen molar-refractivity contribution in [3.8, 4) is 0 Å². The summed E-state index contributed by atoms with van der Waals surface area (Å²) in [5.74, 6) is 0.0503. The highest BCUT2D eigenvalue weighted by atomic mass is 35.5. The standard InChI is InChI=1S/C19H29ClN4O3/c1-27-13-7-21-19(26)15-24-11-9-23(10-12-24)8-6-18(25)22-14-16-4-2-3-5-17(16)20/h2-5H,6-15H2,1H3,(H,21,26)(H,22,25). The first kappa shape index (κ1) is 21.6. The Bertz CT molecular complexity index is 606. The number of benzene rings is 1. The minimum Gasteiger partial charge on any atom is -0.383 e. The van der Waals surface area contributed by atoms with Crippen LogP contribution in [0.3, 0.4) is 0 Å². The van der Waals surface area contributed by atoms with Crippen LogP contribution in [-0.2, 0) is 20.9 Å². The van der Waals surface area contributed by atoms with Crippen LogP contribution < -0.4 is 10.6 Å². The van der Waals surface area contributed by atoms with Crippen LogP contribution in [-0.4, -0.2) is 81.1 Å². The first-order valence-corrected chi connectivity index (χ1v) is 9.66. The van der Waals surface area contributed by atoms with E-state index in [4.69, 9.17) is 16.3 Å². The topological polar surface area (TPSA) is 73.9 Å². The summed E-state index contributed by atoms with van der Waals surface area (Å²) in [6.07, 6.45) is 0.460. The molecular formula is C19H29ClN4O3. The summed E-state index contributed by atoms with van der Waals surface area (Å²) in [7, 11) is 1.61. The van der Waals surface area contributed by atoms with Crippen molar-refractivity contribution in [3.63, 3.8) is 0 Å². The van der Waals surface area contributed by atoms with Crippen LogP contribution in [0.4, 0.5) is 0 Å². The zero-order valence-corrected chi connectivity index (χ0v) is 16.6. The zero-order chi connectivity index (χ0) is 19.5. The molecular weight excluding hydrogens is 368 g/mol. The lowest BCUT2D eigenvalue weighted by atomic mass is 10.2. The fourth-order valence-electron chi connectivity index (χ4n) is 2.91. The van der Waals surface area contributed by atoms with Gasteiger partial charge >= 0.3 is 0 Å². The lowest BCUT2D eigenvalue weighted by Crippen LogP contribution is -2.50. The molecule has 1 aliphatic rings. The summed E-state index contributed by atoms with van der Waals surface area (Å²) >= 11 is 6.09. The van der Waals surface area contributed by atoms with Gasteiger partial charge in [-0.15, -0.1) is 0 Å². The van der Waals surface area contributed by atoms with E-state index in [2.05, 4.69) is 20.4 Å². The molecule has 150 valence electrons. The van der Waals surface area contributed by atoms with Crippen molar-refractivity contribution in [2.45, 2.75) is 13.0 Å². The zero-order valence-electron chi connectivity index (χ0n) is 15.9. The van der Waals surface area contributed by atoms with Gasteiger partial charge in [0.1, 0.15) is 0 Å². The Morgan fingerprint density at radius 3 is 2.48 bits per heavy atom. The summed E-state index contributed by atoms with van der Waals surface area (Å²) in [6, 6.07) is 7.51. The predicted molar refractivity (Wildman–Crippen MR) is 106 cm³/mol. The van der Waals surface area contributed by atoms with Crippen molar-refractivity contribution >= 4 is 23.4 Å². The molecule has 0 aromatic heterocycles. The number of carbonyl (C=O) groups excluding carboxylic acids is 2. The Labute approximate surface area is 166 Å². The number of hydrogen-bond acceptors (Lipinski definition) is 5. The molecule has 2 amide bonds. The summed E-state index contributed by atoms with van der Waals surface area (Å²) < 4.78 is 4.92. The van der Waals surface area contributed by atoms with Gasteiger partial charge in [-0.25, -0.2) is 0 Å². The second-order valence-electron chi connectivity index (χ2n) is 6.58. The average molecular weight is 397 g/mol. The van der Waals surface area contributed by atoms with Crippen LogP contribution in [0.25, 0.3) is 0 Å². The average Bonchev–Trinajstić information content (AvgIpc) is 2.67. The van der Waals surface area contributed by atoms with Gasteiger partial charge in [-0.3, -0.25) is 14.5 Å². The highest BCUT2D eigenvalue weighted by molar-refractivity contribution is 6.31. The quantitative estimate of drug-likeness (QED) is 0.570. The largest absolute Gasteiger partial charge is 0.383 e. The van der Waals surface area contributed by atoms with Crippen LogP contribution >= 0.6 is 11.6 Å². The molecule has 27 heavy (non-hydrogen) atoms. The SMILES string of the molecule is COCCNC(=O)CN1CCN(CCC(=O)NCc2ccccc2Cl)CC1. The molecule has 0 bridgehead atoms. The number of rotatable bonds is 10. The molecule has 1 aliphatic heterocycles. The van der Waals surface area contributed by atoms with E-state index in [1.807, 2.05) is 24.3 Å². The van der Waals surface area contributed by atoms with Crippen molar-refractivity contribution in [3.05, 3.63) is 34.9 Å². The number of hydrogen-bond donors (Lipinski definition) is 2. The lowest BCUT2D eigenvalue weighted by molar-refractivity contribution is -0.122. The van der Waals surface area contributed by atoms with Gasteiger partial charge in [0.2, 0.25) is 11.8 Å². The molecule has 0 spiro atoms. The number of halogens is 1. The molecule has 2 rings (SSSR count). The Hall–Kier alpha value is -1.67. The highest BCUT2D eigenvalue weighted by Gasteiger charge is 2.19. The minimum atomic E-state index is 0.0230. The molecule has 0 aliphatic carbocycles. The third-order valence-corrected chi connectivity index (χ3v) is 4.92. The Kier molecular flexibility index (Phi) is 9.55. The molecule has 2 N–H and O–H groups in total.